The average Bonchev–Trinajstić information content (AvgIpc) is 2.40. The molecule has 0 bridgehead atoms. The largest absolute Gasteiger partial charge is 0.298 e. The van der Waals surface area contributed by atoms with Crippen LogP contribution < -0.4 is 0 Å². The Morgan fingerprint density at radius 3 is 3.12 bits per heavy atom. The van der Waals surface area contributed by atoms with Crippen LogP contribution in [-0.4, -0.2) is 52.2 Å². The Balaban J connectivity index is 1.59. The highest BCUT2D eigenvalue weighted by Crippen LogP contribution is 2.21. The Bertz CT molecular complexity index is 354. The molecule has 1 aromatic rings. The summed E-state index contributed by atoms with van der Waals surface area (Å²) in [5, 5.41) is 8.12. The maximum Gasteiger partial charge on any atom is 0.0771 e. The molecule has 92 valence electrons. The van der Waals surface area contributed by atoms with E-state index in [0.717, 1.165) is 18.3 Å². The van der Waals surface area contributed by atoms with E-state index in [1.807, 2.05) is 6.07 Å². The van der Waals surface area contributed by atoms with Gasteiger partial charge in [0, 0.05) is 38.4 Å². The number of fused-ring (bicyclic) bond motifs is 1. The minimum Gasteiger partial charge on any atom is -0.298 e. The van der Waals surface area contributed by atoms with Gasteiger partial charge in [-0.1, -0.05) is 6.42 Å². The molecule has 3 heterocycles. The Kier molecular flexibility index (Phi) is 3.34. The van der Waals surface area contributed by atoms with Crippen molar-refractivity contribution in [2.75, 3.05) is 26.2 Å². The summed E-state index contributed by atoms with van der Waals surface area (Å²) in [6.45, 7) is 5.87. The van der Waals surface area contributed by atoms with E-state index >= 15 is 0 Å². The minimum absolute atomic E-state index is 0.786. The van der Waals surface area contributed by atoms with Crippen LogP contribution in [0.15, 0.2) is 18.3 Å². The third-order valence-electron chi connectivity index (χ3n) is 3.93. The SMILES string of the molecule is c1cnnc(CN2CCN3CCCCC3C2)c1. The molecule has 2 fully saturated rings. The summed E-state index contributed by atoms with van der Waals surface area (Å²) in [5.41, 5.74) is 1.09. The highest BCUT2D eigenvalue weighted by atomic mass is 15.3. The van der Waals surface area contributed by atoms with Crippen molar-refractivity contribution in [2.45, 2.75) is 31.8 Å². The van der Waals surface area contributed by atoms with Gasteiger partial charge in [0.1, 0.15) is 0 Å². The second kappa shape index (κ2) is 5.10. The van der Waals surface area contributed by atoms with Gasteiger partial charge in [-0.3, -0.25) is 9.80 Å². The molecule has 4 nitrogen and oxygen atoms in total. The van der Waals surface area contributed by atoms with Crippen LogP contribution in [0, 0.1) is 0 Å². The predicted octanol–water partition coefficient (Wildman–Crippen LogP) is 1.15. The normalized spacial score (nSPS) is 26.7. The maximum atomic E-state index is 4.17. The van der Waals surface area contributed by atoms with Crippen LogP contribution in [0.2, 0.25) is 0 Å². The summed E-state index contributed by atoms with van der Waals surface area (Å²) in [6.07, 6.45) is 5.90. The van der Waals surface area contributed by atoms with E-state index in [9.17, 15) is 0 Å². The van der Waals surface area contributed by atoms with E-state index < -0.39 is 0 Å². The van der Waals surface area contributed by atoms with Crippen LogP contribution in [0.5, 0.6) is 0 Å². The molecule has 3 rings (SSSR count). The van der Waals surface area contributed by atoms with E-state index in [0.29, 0.717) is 0 Å². The molecular formula is C13H20N4. The lowest BCUT2D eigenvalue weighted by Gasteiger charge is -2.43. The van der Waals surface area contributed by atoms with E-state index in [1.165, 1.54) is 45.4 Å². The summed E-state index contributed by atoms with van der Waals surface area (Å²) in [7, 11) is 0. The second-order valence-electron chi connectivity index (χ2n) is 5.14. The number of nitrogens with zero attached hydrogens (tertiary/aromatic N) is 4. The number of rotatable bonds is 2. The van der Waals surface area contributed by atoms with Gasteiger partial charge in [-0.05, 0) is 31.5 Å². The third-order valence-corrected chi connectivity index (χ3v) is 3.93. The average molecular weight is 232 g/mol. The van der Waals surface area contributed by atoms with Crippen LogP contribution in [0.3, 0.4) is 0 Å². The fraction of sp³-hybridized carbons (Fsp3) is 0.692. The first-order chi connectivity index (χ1) is 8.42. The zero-order chi connectivity index (χ0) is 11.5. The van der Waals surface area contributed by atoms with Crippen LogP contribution in [0.25, 0.3) is 0 Å². The minimum atomic E-state index is 0.786. The molecule has 0 N–H and O–H groups in total. The maximum absolute atomic E-state index is 4.17. The summed E-state index contributed by atoms with van der Waals surface area (Å²) in [5.74, 6) is 0. The highest BCUT2D eigenvalue weighted by Gasteiger charge is 2.28. The van der Waals surface area contributed by atoms with E-state index in [-0.39, 0.29) is 0 Å². The van der Waals surface area contributed by atoms with Gasteiger partial charge in [0.15, 0.2) is 0 Å². The summed E-state index contributed by atoms with van der Waals surface area (Å²) in [4.78, 5) is 5.19. The fourth-order valence-corrected chi connectivity index (χ4v) is 3.01. The molecule has 17 heavy (non-hydrogen) atoms. The van der Waals surface area contributed by atoms with Crippen molar-refractivity contribution in [2.24, 2.45) is 0 Å². The first kappa shape index (κ1) is 11.1. The van der Waals surface area contributed by atoms with Crippen molar-refractivity contribution in [1.82, 2.24) is 20.0 Å². The number of hydrogen-bond donors (Lipinski definition) is 0. The van der Waals surface area contributed by atoms with E-state index in [2.05, 4.69) is 26.1 Å². The Morgan fingerprint density at radius 1 is 1.24 bits per heavy atom. The molecule has 0 aliphatic carbocycles. The van der Waals surface area contributed by atoms with Gasteiger partial charge in [0.2, 0.25) is 0 Å². The van der Waals surface area contributed by atoms with E-state index in [4.69, 9.17) is 0 Å². The van der Waals surface area contributed by atoms with Crippen LogP contribution >= 0.6 is 0 Å². The molecule has 0 aromatic carbocycles. The second-order valence-corrected chi connectivity index (χ2v) is 5.14. The van der Waals surface area contributed by atoms with Gasteiger partial charge in [-0.15, -0.1) is 0 Å². The molecule has 0 spiro atoms. The van der Waals surface area contributed by atoms with Gasteiger partial charge in [-0.25, -0.2) is 0 Å². The zero-order valence-electron chi connectivity index (χ0n) is 10.3. The number of piperidine rings is 1. The molecule has 1 aromatic heterocycles. The summed E-state index contributed by atoms with van der Waals surface area (Å²) >= 11 is 0. The number of piperazine rings is 1. The predicted molar refractivity (Wildman–Crippen MR) is 66.5 cm³/mol. The van der Waals surface area contributed by atoms with Crippen molar-refractivity contribution in [3.05, 3.63) is 24.0 Å². The molecule has 1 atom stereocenters. The van der Waals surface area contributed by atoms with Crippen molar-refractivity contribution in [3.8, 4) is 0 Å². The van der Waals surface area contributed by atoms with Gasteiger partial charge in [0.05, 0.1) is 5.69 Å². The Morgan fingerprint density at radius 2 is 2.24 bits per heavy atom. The molecule has 2 aliphatic rings. The van der Waals surface area contributed by atoms with Gasteiger partial charge >= 0.3 is 0 Å². The first-order valence-corrected chi connectivity index (χ1v) is 6.65. The van der Waals surface area contributed by atoms with Crippen molar-refractivity contribution in [1.29, 1.82) is 0 Å². The monoisotopic (exact) mass is 232 g/mol. The first-order valence-electron chi connectivity index (χ1n) is 6.65. The molecule has 0 radical (unpaired) electrons. The number of aromatic nitrogens is 2. The van der Waals surface area contributed by atoms with Crippen molar-refractivity contribution < 1.29 is 0 Å². The fourth-order valence-electron chi connectivity index (χ4n) is 3.01. The van der Waals surface area contributed by atoms with Crippen molar-refractivity contribution >= 4 is 0 Å². The molecule has 4 heteroatoms. The van der Waals surface area contributed by atoms with Crippen LogP contribution in [0.4, 0.5) is 0 Å². The topological polar surface area (TPSA) is 32.3 Å². The molecule has 0 amide bonds. The Labute approximate surface area is 103 Å². The molecule has 2 saturated heterocycles. The summed E-state index contributed by atoms with van der Waals surface area (Å²) < 4.78 is 0. The Hall–Kier alpha value is -1.00. The molecule has 1 unspecified atom stereocenters. The lowest BCUT2D eigenvalue weighted by atomic mass is 9.99. The van der Waals surface area contributed by atoms with Gasteiger partial charge < -0.3 is 0 Å². The standard InChI is InChI=1S/C13H20N4/c1-2-7-17-9-8-16(11-13(17)5-1)10-12-4-3-6-14-15-12/h3-4,6,13H,1-2,5,7-11H2. The van der Waals surface area contributed by atoms with E-state index in [1.54, 1.807) is 6.20 Å². The quantitative estimate of drug-likeness (QED) is 0.765. The van der Waals surface area contributed by atoms with Gasteiger partial charge in [0.25, 0.3) is 0 Å². The van der Waals surface area contributed by atoms with Crippen LogP contribution in [0.1, 0.15) is 25.0 Å². The molecular weight excluding hydrogens is 212 g/mol. The van der Waals surface area contributed by atoms with Gasteiger partial charge in [-0.2, -0.15) is 10.2 Å². The lowest BCUT2D eigenvalue weighted by molar-refractivity contribution is 0.0450. The number of hydrogen-bond acceptors (Lipinski definition) is 4. The van der Waals surface area contributed by atoms with Crippen molar-refractivity contribution in [3.63, 3.8) is 0 Å². The highest BCUT2D eigenvalue weighted by molar-refractivity contribution is 4.99. The zero-order valence-corrected chi connectivity index (χ0v) is 10.3. The van der Waals surface area contributed by atoms with Crippen LogP contribution in [-0.2, 0) is 6.54 Å². The lowest BCUT2D eigenvalue weighted by Crippen LogP contribution is -2.54. The molecule has 2 aliphatic heterocycles. The third kappa shape index (κ3) is 2.64. The smallest absolute Gasteiger partial charge is 0.0771 e. The summed E-state index contributed by atoms with van der Waals surface area (Å²) in [6, 6.07) is 4.83. The molecule has 0 saturated carbocycles.